The smallest absolute Gasteiger partial charge is 0.329 e. The van der Waals surface area contributed by atoms with Gasteiger partial charge >= 0.3 is 6.03 Å². The van der Waals surface area contributed by atoms with Crippen molar-refractivity contribution in [2.75, 3.05) is 6.61 Å². The molecule has 0 aliphatic carbocycles. The maximum absolute atomic E-state index is 13.2. The Morgan fingerprint density at radius 3 is 2.58 bits per heavy atom. The molecule has 1 heterocycles. The largest absolute Gasteiger partial charge is 0.490 e. The molecule has 182 valence electrons. The van der Waals surface area contributed by atoms with Gasteiger partial charge in [-0.3, -0.25) is 9.69 Å². The van der Waals surface area contributed by atoms with Crippen LogP contribution in [0.1, 0.15) is 29.2 Å². The molecule has 0 unspecified atom stereocenters. The number of benzene rings is 3. The number of imide groups is 1. The van der Waals surface area contributed by atoms with Gasteiger partial charge in [0, 0.05) is 5.56 Å². The third kappa shape index (κ3) is 5.66. The number of nitrogens with one attached hydrogen (secondary N) is 1. The van der Waals surface area contributed by atoms with Crippen LogP contribution in [0.15, 0.2) is 66.4 Å². The summed E-state index contributed by atoms with van der Waals surface area (Å²) in [5, 5.41) is 11.9. The van der Waals surface area contributed by atoms with Crippen molar-refractivity contribution in [1.29, 1.82) is 5.26 Å². The van der Waals surface area contributed by atoms with Gasteiger partial charge in [-0.1, -0.05) is 30.3 Å². The standard InChI is InChI=1S/C27H21FIN3O4/c1-2-35-24-13-18(11-22(29)25(24)36-16-20-6-4-3-5-19(20)14-30)12-23-26(33)32(27(34)31-23)15-17-7-9-21(28)10-8-17/h3-13H,2,15-16H2,1H3,(H,31,34)/b23-12+. The highest BCUT2D eigenvalue weighted by Crippen LogP contribution is 2.36. The number of carbonyl (C=O) groups excluding carboxylic acids is 2. The quantitative estimate of drug-likeness (QED) is 0.214. The summed E-state index contributed by atoms with van der Waals surface area (Å²) in [6.07, 6.45) is 1.57. The molecule has 1 N–H and O–H groups in total. The summed E-state index contributed by atoms with van der Waals surface area (Å²) in [6.45, 7) is 2.46. The molecule has 36 heavy (non-hydrogen) atoms. The van der Waals surface area contributed by atoms with Crippen LogP contribution >= 0.6 is 22.6 Å². The highest BCUT2D eigenvalue weighted by Gasteiger charge is 2.33. The normalized spacial score (nSPS) is 14.1. The zero-order chi connectivity index (χ0) is 25.7. The molecule has 3 amide bonds. The molecular weight excluding hydrogens is 576 g/mol. The van der Waals surface area contributed by atoms with E-state index in [4.69, 9.17) is 9.47 Å². The fraction of sp³-hybridized carbons (Fsp3) is 0.148. The van der Waals surface area contributed by atoms with Crippen LogP contribution in [0.4, 0.5) is 9.18 Å². The van der Waals surface area contributed by atoms with Gasteiger partial charge in [0.15, 0.2) is 11.5 Å². The van der Waals surface area contributed by atoms with Gasteiger partial charge in [-0.15, -0.1) is 0 Å². The first-order valence-electron chi connectivity index (χ1n) is 11.1. The average molecular weight is 597 g/mol. The van der Waals surface area contributed by atoms with Gasteiger partial charge in [-0.2, -0.15) is 5.26 Å². The third-order valence-corrected chi connectivity index (χ3v) is 6.17. The lowest BCUT2D eigenvalue weighted by molar-refractivity contribution is -0.123. The van der Waals surface area contributed by atoms with Crippen LogP contribution in [0.25, 0.3) is 6.08 Å². The van der Waals surface area contributed by atoms with E-state index >= 15 is 0 Å². The average Bonchev–Trinajstić information content (AvgIpc) is 3.12. The van der Waals surface area contributed by atoms with Crippen molar-refractivity contribution in [2.24, 2.45) is 0 Å². The molecule has 1 aliphatic rings. The van der Waals surface area contributed by atoms with Crippen LogP contribution in [-0.4, -0.2) is 23.4 Å². The minimum atomic E-state index is -0.550. The van der Waals surface area contributed by atoms with Gasteiger partial charge in [0.2, 0.25) is 0 Å². The van der Waals surface area contributed by atoms with Gasteiger partial charge in [0.1, 0.15) is 18.1 Å². The van der Waals surface area contributed by atoms with Crippen molar-refractivity contribution in [2.45, 2.75) is 20.1 Å². The van der Waals surface area contributed by atoms with E-state index in [9.17, 15) is 19.2 Å². The summed E-state index contributed by atoms with van der Waals surface area (Å²) < 4.78 is 25.7. The summed E-state index contributed by atoms with van der Waals surface area (Å²) >= 11 is 2.12. The predicted molar refractivity (Wildman–Crippen MR) is 139 cm³/mol. The highest BCUT2D eigenvalue weighted by atomic mass is 127. The second-order valence-electron chi connectivity index (χ2n) is 7.83. The number of ether oxygens (including phenoxy) is 2. The molecule has 0 saturated carbocycles. The van der Waals surface area contributed by atoms with Crippen molar-refractivity contribution in [3.8, 4) is 17.6 Å². The summed E-state index contributed by atoms with van der Waals surface area (Å²) in [5.74, 6) is 0.126. The first-order chi connectivity index (χ1) is 17.4. The molecule has 0 spiro atoms. The minimum Gasteiger partial charge on any atom is -0.490 e. The second kappa shape index (κ2) is 11.2. The van der Waals surface area contributed by atoms with Crippen molar-refractivity contribution < 1.29 is 23.5 Å². The van der Waals surface area contributed by atoms with E-state index < -0.39 is 17.8 Å². The summed E-state index contributed by atoms with van der Waals surface area (Å²) in [7, 11) is 0. The molecule has 7 nitrogen and oxygen atoms in total. The van der Waals surface area contributed by atoms with E-state index in [2.05, 4.69) is 34.0 Å². The lowest BCUT2D eigenvalue weighted by Crippen LogP contribution is -2.30. The van der Waals surface area contributed by atoms with E-state index in [1.54, 1.807) is 24.3 Å². The lowest BCUT2D eigenvalue weighted by Gasteiger charge is -2.15. The molecule has 4 rings (SSSR count). The van der Waals surface area contributed by atoms with Crippen molar-refractivity contribution in [3.05, 3.63) is 98.0 Å². The van der Waals surface area contributed by atoms with E-state index in [0.29, 0.717) is 34.8 Å². The number of halogens is 2. The molecule has 1 saturated heterocycles. The Labute approximate surface area is 221 Å². The van der Waals surface area contributed by atoms with Crippen LogP contribution in [-0.2, 0) is 17.9 Å². The Morgan fingerprint density at radius 1 is 1.11 bits per heavy atom. The number of rotatable bonds is 8. The Kier molecular flexibility index (Phi) is 7.85. The molecule has 0 aromatic heterocycles. The van der Waals surface area contributed by atoms with Crippen molar-refractivity contribution >= 4 is 40.6 Å². The Balaban J connectivity index is 1.56. The molecule has 3 aromatic rings. The highest BCUT2D eigenvalue weighted by molar-refractivity contribution is 14.1. The summed E-state index contributed by atoms with van der Waals surface area (Å²) in [5.41, 5.74) is 2.68. The summed E-state index contributed by atoms with van der Waals surface area (Å²) in [6, 6.07) is 18.0. The number of urea groups is 1. The SMILES string of the molecule is CCOc1cc(/C=C2/NC(=O)N(Cc3ccc(F)cc3)C2=O)cc(I)c1OCc1ccccc1C#N. The fourth-order valence-electron chi connectivity index (χ4n) is 3.63. The Bertz CT molecular complexity index is 1380. The maximum atomic E-state index is 13.2. The van der Waals surface area contributed by atoms with Gasteiger partial charge in [0.05, 0.1) is 28.4 Å². The van der Waals surface area contributed by atoms with Crippen LogP contribution in [0.3, 0.4) is 0 Å². The minimum absolute atomic E-state index is 0.0287. The first-order valence-corrected chi connectivity index (χ1v) is 12.1. The monoisotopic (exact) mass is 597 g/mol. The lowest BCUT2D eigenvalue weighted by atomic mass is 10.1. The molecule has 1 aliphatic heterocycles. The fourth-order valence-corrected chi connectivity index (χ4v) is 4.41. The molecule has 1 fully saturated rings. The molecule has 0 bridgehead atoms. The second-order valence-corrected chi connectivity index (χ2v) is 8.99. The van der Waals surface area contributed by atoms with Crippen LogP contribution in [0.5, 0.6) is 11.5 Å². The van der Waals surface area contributed by atoms with Crippen molar-refractivity contribution in [3.63, 3.8) is 0 Å². The van der Waals surface area contributed by atoms with E-state index in [1.165, 1.54) is 24.3 Å². The number of nitrogens with zero attached hydrogens (tertiary/aromatic N) is 2. The molecular formula is C27H21FIN3O4. The first kappa shape index (κ1) is 25.2. The zero-order valence-corrected chi connectivity index (χ0v) is 21.4. The Morgan fingerprint density at radius 2 is 1.86 bits per heavy atom. The van der Waals surface area contributed by atoms with Gasteiger partial charge in [-0.25, -0.2) is 9.18 Å². The van der Waals surface area contributed by atoms with E-state index in [-0.39, 0.29) is 18.8 Å². The number of amides is 3. The van der Waals surface area contributed by atoms with Gasteiger partial charge < -0.3 is 14.8 Å². The zero-order valence-electron chi connectivity index (χ0n) is 19.3. The maximum Gasteiger partial charge on any atom is 0.329 e. The topological polar surface area (TPSA) is 91.7 Å². The van der Waals surface area contributed by atoms with Crippen LogP contribution < -0.4 is 14.8 Å². The van der Waals surface area contributed by atoms with Crippen molar-refractivity contribution in [1.82, 2.24) is 10.2 Å². The van der Waals surface area contributed by atoms with Gasteiger partial charge in [0.25, 0.3) is 5.91 Å². The summed E-state index contributed by atoms with van der Waals surface area (Å²) in [4.78, 5) is 26.4. The van der Waals surface area contributed by atoms with Crippen LogP contribution in [0.2, 0.25) is 0 Å². The van der Waals surface area contributed by atoms with E-state index in [1.807, 2.05) is 25.1 Å². The number of carbonyl (C=O) groups is 2. The third-order valence-electron chi connectivity index (χ3n) is 5.37. The molecule has 9 heteroatoms. The van der Waals surface area contributed by atoms with E-state index in [0.717, 1.165) is 14.0 Å². The molecule has 0 atom stereocenters. The Hall–Kier alpha value is -3.91. The number of nitriles is 1. The van der Waals surface area contributed by atoms with Crippen LogP contribution in [0, 0.1) is 20.7 Å². The van der Waals surface area contributed by atoms with Gasteiger partial charge in [-0.05, 0) is 77.0 Å². The molecule has 0 radical (unpaired) electrons. The number of hydrogen-bond donors (Lipinski definition) is 1. The number of hydrogen-bond acceptors (Lipinski definition) is 5. The molecule has 3 aromatic carbocycles. The predicted octanol–water partition coefficient (Wildman–Crippen LogP) is 5.37.